The number of hydrogen-bond acceptors (Lipinski definition) is 7. The fourth-order valence-corrected chi connectivity index (χ4v) is 2.07. The third kappa shape index (κ3) is 4.43. The van der Waals surface area contributed by atoms with Crippen molar-refractivity contribution in [1.82, 2.24) is 15.0 Å². The van der Waals surface area contributed by atoms with Gasteiger partial charge in [0.1, 0.15) is 0 Å². The Bertz CT molecular complexity index is 428. The smallest absolute Gasteiger partial charge is 0.231 e. The molecule has 0 amide bonds. The first-order valence-corrected chi connectivity index (χ1v) is 7.16. The topological polar surface area (TPSA) is 83.4 Å². The molecule has 1 aliphatic heterocycles. The average molecular weight is 302 g/mol. The van der Waals surface area contributed by atoms with Gasteiger partial charge in [-0.1, -0.05) is 6.92 Å². The van der Waals surface area contributed by atoms with Gasteiger partial charge in [0.2, 0.25) is 17.2 Å². The van der Waals surface area contributed by atoms with Crippen molar-refractivity contribution in [2.75, 3.05) is 49.7 Å². The van der Waals surface area contributed by atoms with Crippen LogP contribution in [0.4, 0.5) is 11.9 Å². The summed E-state index contributed by atoms with van der Waals surface area (Å²) in [5, 5.41) is 12.2. The predicted octanol–water partition coefficient (Wildman–Crippen LogP) is 0.792. The molecule has 2 rings (SSSR count). The lowest BCUT2D eigenvalue weighted by atomic mass is 10.1. The number of nitrogens with zero attached hydrogens (tertiary/aromatic N) is 4. The van der Waals surface area contributed by atoms with Gasteiger partial charge in [-0.15, -0.1) is 0 Å². The molecule has 2 heterocycles. The van der Waals surface area contributed by atoms with Gasteiger partial charge in [0, 0.05) is 26.2 Å². The zero-order valence-corrected chi connectivity index (χ0v) is 12.3. The van der Waals surface area contributed by atoms with E-state index < -0.39 is 0 Å². The van der Waals surface area contributed by atoms with Crippen LogP contribution in [0, 0.1) is 5.92 Å². The van der Waals surface area contributed by atoms with E-state index in [1.54, 1.807) is 0 Å². The second-order valence-corrected chi connectivity index (χ2v) is 5.16. The van der Waals surface area contributed by atoms with Crippen LogP contribution >= 0.6 is 11.6 Å². The summed E-state index contributed by atoms with van der Waals surface area (Å²) in [5.41, 5.74) is 0. The number of halogens is 1. The van der Waals surface area contributed by atoms with Crippen LogP contribution in [0.2, 0.25) is 5.28 Å². The van der Waals surface area contributed by atoms with Gasteiger partial charge in [-0.25, -0.2) is 0 Å². The van der Waals surface area contributed by atoms with Gasteiger partial charge in [0.15, 0.2) is 0 Å². The normalized spacial score (nSPS) is 17.1. The van der Waals surface area contributed by atoms with E-state index in [0.29, 0.717) is 37.6 Å². The maximum absolute atomic E-state index is 8.88. The fourth-order valence-electron chi connectivity index (χ4n) is 1.91. The van der Waals surface area contributed by atoms with Crippen molar-refractivity contribution >= 4 is 23.5 Å². The monoisotopic (exact) mass is 301 g/mol. The van der Waals surface area contributed by atoms with E-state index in [-0.39, 0.29) is 11.9 Å². The zero-order valence-electron chi connectivity index (χ0n) is 11.5. The molecular weight excluding hydrogens is 282 g/mol. The van der Waals surface area contributed by atoms with E-state index >= 15 is 0 Å². The Morgan fingerprint density at radius 3 is 2.80 bits per heavy atom. The SMILES string of the molecule is CC(CCO)CNc1nc(Cl)nc(N2CCOCC2)n1. The number of morpholine rings is 1. The molecule has 1 aromatic rings. The third-order valence-corrected chi connectivity index (χ3v) is 3.29. The molecule has 1 aromatic heterocycles. The Morgan fingerprint density at radius 1 is 1.35 bits per heavy atom. The number of hydrogen-bond donors (Lipinski definition) is 2. The first-order chi connectivity index (χ1) is 9.69. The number of anilines is 2. The van der Waals surface area contributed by atoms with Crippen molar-refractivity contribution in [3.63, 3.8) is 0 Å². The van der Waals surface area contributed by atoms with Crippen molar-refractivity contribution in [3.05, 3.63) is 5.28 Å². The minimum absolute atomic E-state index is 0.179. The summed E-state index contributed by atoms with van der Waals surface area (Å²) in [4.78, 5) is 14.6. The number of aliphatic hydroxyl groups excluding tert-OH is 1. The van der Waals surface area contributed by atoms with Crippen LogP contribution in [0.1, 0.15) is 13.3 Å². The maximum Gasteiger partial charge on any atom is 0.231 e. The summed E-state index contributed by atoms with van der Waals surface area (Å²) in [6, 6.07) is 0. The molecule has 20 heavy (non-hydrogen) atoms. The average Bonchev–Trinajstić information content (AvgIpc) is 2.46. The van der Waals surface area contributed by atoms with Crippen molar-refractivity contribution in [3.8, 4) is 0 Å². The third-order valence-electron chi connectivity index (χ3n) is 3.12. The predicted molar refractivity (Wildman–Crippen MR) is 77.2 cm³/mol. The van der Waals surface area contributed by atoms with Gasteiger partial charge in [-0.2, -0.15) is 15.0 Å². The van der Waals surface area contributed by atoms with Crippen molar-refractivity contribution in [2.24, 2.45) is 5.92 Å². The first kappa shape index (κ1) is 15.2. The van der Waals surface area contributed by atoms with E-state index in [1.165, 1.54) is 0 Å². The standard InChI is InChI=1S/C12H20ClN5O2/c1-9(2-5-19)8-14-11-15-10(13)16-12(17-11)18-3-6-20-7-4-18/h9,19H,2-8H2,1H3,(H,14,15,16,17). The lowest BCUT2D eigenvalue weighted by Gasteiger charge is -2.26. The summed E-state index contributed by atoms with van der Waals surface area (Å²) in [6.45, 7) is 5.75. The molecule has 0 aromatic carbocycles. The molecule has 1 unspecified atom stereocenters. The van der Waals surface area contributed by atoms with Crippen LogP contribution in [-0.2, 0) is 4.74 Å². The summed E-state index contributed by atoms with van der Waals surface area (Å²) in [7, 11) is 0. The highest BCUT2D eigenvalue weighted by Gasteiger charge is 2.16. The molecule has 0 spiro atoms. The number of aromatic nitrogens is 3. The van der Waals surface area contributed by atoms with Gasteiger partial charge in [0.05, 0.1) is 13.2 Å². The molecule has 1 saturated heterocycles. The van der Waals surface area contributed by atoms with Crippen LogP contribution in [0.25, 0.3) is 0 Å². The Hall–Kier alpha value is -1.18. The molecule has 0 bridgehead atoms. The van der Waals surface area contributed by atoms with E-state index in [9.17, 15) is 0 Å². The first-order valence-electron chi connectivity index (χ1n) is 6.78. The number of nitrogens with one attached hydrogen (secondary N) is 1. The number of rotatable bonds is 6. The quantitative estimate of drug-likeness (QED) is 0.804. The Kier molecular flexibility index (Phi) is 5.75. The Morgan fingerprint density at radius 2 is 2.10 bits per heavy atom. The second-order valence-electron chi connectivity index (χ2n) is 4.83. The molecule has 112 valence electrons. The van der Waals surface area contributed by atoms with Gasteiger partial charge in [-0.05, 0) is 23.9 Å². The van der Waals surface area contributed by atoms with Gasteiger partial charge < -0.3 is 20.1 Å². The molecule has 0 radical (unpaired) electrons. The lowest BCUT2D eigenvalue weighted by Crippen LogP contribution is -2.37. The number of aliphatic hydroxyl groups is 1. The molecule has 0 aliphatic carbocycles. The highest BCUT2D eigenvalue weighted by atomic mass is 35.5. The maximum atomic E-state index is 8.88. The van der Waals surface area contributed by atoms with Crippen molar-refractivity contribution in [2.45, 2.75) is 13.3 Å². The minimum atomic E-state index is 0.179. The largest absolute Gasteiger partial charge is 0.396 e. The van der Waals surface area contributed by atoms with E-state index in [4.69, 9.17) is 21.4 Å². The molecule has 1 fully saturated rings. The van der Waals surface area contributed by atoms with Crippen LogP contribution in [-0.4, -0.2) is 59.5 Å². The molecular formula is C12H20ClN5O2. The van der Waals surface area contributed by atoms with Crippen LogP contribution in [0.5, 0.6) is 0 Å². The van der Waals surface area contributed by atoms with E-state index in [1.807, 2.05) is 4.90 Å². The fraction of sp³-hybridized carbons (Fsp3) is 0.750. The Balaban J connectivity index is 2.00. The van der Waals surface area contributed by atoms with Crippen LogP contribution in [0.3, 0.4) is 0 Å². The highest BCUT2D eigenvalue weighted by molar-refractivity contribution is 6.28. The summed E-state index contributed by atoms with van der Waals surface area (Å²) in [5.74, 6) is 1.38. The molecule has 1 aliphatic rings. The summed E-state index contributed by atoms with van der Waals surface area (Å²) >= 11 is 5.95. The molecule has 8 heteroatoms. The molecule has 1 atom stereocenters. The second kappa shape index (κ2) is 7.56. The van der Waals surface area contributed by atoms with Crippen molar-refractivity contribution < 1.29 is 9.84 Å². The Labute approximate surface area is 123 Å². The molecule has 0 saturated carbocycles. The summed E-state index contributed by atoms with van der Waals surface area (Å²) in [6.07, 6.45) is 0.738. The van der Waals surface area contributed by atoms with Gasteiger partial charge in [0.25, 0.3) is 0 Å². The van der Waals surface area contributed by atoms with Crippen molar-refractivity contribution in [1.29, 1.82) is 0 Å². The van der Waals surface area contributed by atoms with Gasteiger partial charge >= 0.3 is 0 Å². The zero-order chi connectivity index (χ0) is 14.4. The minimum Gasteiger partial charge on any atom is -0.396 e. The lowest BCUT2D eigenvalue weighted by molar-refractivity contribution is 0.122. The van der Waals surface area contributed by atoms with E-state index in [2.05, 4.69) is 27.2 Å². The van der Waals surface area contributed by atoms with Gasteiger partial charge in [-0.3, -0.25) is 0 Å². The van der Waals surface area contributed by atoms with E-state index in [0.717, 1.165) is 19.5 Å². The van der Waals surface area contributed by atoms with Crippen LogP contribution in [0.15, 0.2) is 0 Å². The van der Waals surface area contributed by atoms with Crippen LogP contribution < -0.4 is 10.2 Å². The molecule has 7 nitrogen and oxygen atoms in total. The summed E-state index contributed by atoms with van der Waals surface area (Å²) < 4.78 is 5.30. The number of ether oxygens (including phenoxy) is 1. The molecule has 2 N–H and O–H groups in total. The highest BCUT2D eigenvalue weighted by Crippen LogP contribution is 2.15.